The van der Waals surface area contributed by atoms with Crippen molar-refractivity contribution in [3.05, 3.63) is 60.3 Å². The third-order valence-corrected chi connectivity index (χ3v) is 4.70. The van der Waals surface area contributed by atoms with Crippen LogP contribution in [0.1, 0.15) is 26.2 Å². The third-order valence-electron chi connectivity index (χ3n) is 4.70. The van der Waals surface area contributed by atoms with Gasteiger partial charge in [-0.25, -0.2) is 0 Å². The minimum absolute atomic E-state index is 0.102. The van der Waals surface area contributed by atoms with Crippen molar-refractivity contribution in [2.45, 2.75) is 26.2 Å². The minimum Gasteiger partial charge on any atom is -0.402 e. The van der Waals surface area contributed by atoms with E-state index in [2.05, 4.69) is 10.3 Å². The van der Waals surface area contributed by atoms with Gasteiger partial charge in [0.25, 0.3) is 0 Å². The largest absolute Gasteiger partial charge is 0.402 e. The van der Waals surface area contributed by atoms with Gasteiger partial charge in [-0.2, -0.15) is 0 Å². The summed E-state index contributed by atoms with van der Waals surface area (Å²) in [5, 5.41) is 2.84. The number of benzene rings is 2. The number of anilines is 2. The van der Waals surface area contributed by atoms with Crippen LogP contribution in [0, 0.1) is 0 Å². The van der Waals surface area contributed by atoms with Crippen LogP contribution in [-0.4, -0.2) is 35.6 Å². The molecule has 1 aliphatic rings. The first-order valence-corrected chi connectivity index (χ1v) is 9.97. The Morgan fingerprint density at radius 1 is 1.13 bits per heavy atom. The van der Waals surface area contributed by atoms with Gasteiger partial charge >= 0.3 is 0 Å². The summed E-state index contributed by atoms with van der Waals surface area (Å²) >= 11 is 0. The Hall–Kier alpha value is -3.61. The Labute approximate surface area is 176 Å². The fourth-order valence-electron chi connectivity index (χ4n) is 3.25. The molecule has 0 bridgehead atoms. The summed E-state index contributed by atoms with van der Waals surface area (Å²) in [6.45, 7) is 3.02. The molecule has 1 heterocycles. The van der Waals surface area contributed by atoms with E-state index in [0.717, 1.165) is 17.5 Å². The Bertz CT molecular complexity index is 975. The van der Waals surface area contributed by atoms with Crippen LogP contribution in [0.4, 0.5) is 11.4 Å². The van der Waals surface area contributed by atoms with Gasteiger partial charge in [-0.15, -0.1) is 0 Å². The highest BCUT2D eigenvalue weighted by Gasteiger charge is 2.21. The minimum atomic E-state index is -0.207. The van der Waals surface area contributed by atoms with Crippen LogP contribution in [0.3, 0.4) is 0 Å². The van der Waals surface area contributed by atoms with Gasteiger partial charge < -0.3 is 16.8 Å². The molecule has 156 valence electrons. The van der Waals surface area contributed by atoms with Crippen LogP contribution in [0.2, 0.25) is 0 Å². The van der Waals surface area contributed by atoms with Crippen LogP contribution in [0.5, 0.6) is 0 Å². The Morgan fingerprint density at radius 3 is 2.60 bits per heavy atom. The zero-order valence-corrected chi connectivity index (χ0v) is 17.1. The van der Waals surface area contributed by atoms with Crippen molar-refractivity contribution < 1.29 is 9.59 Å². The fraction of sp³-hybridized carbons (Fsp3) is 0.261. The van der Waals surface area contributed by atoms with Crippen molar-refractivity contribution >= 4 is 29.0 Å². The van der Waals surface area contributed by atoms with E-state index < -0.39 is 0 Å². The van der Waals surface area contributed by atoms with E-state index in [-0.39, 0.29) is 24.7 Å². The third kappa shape index (κ3) is 5.70. The van der Waals surface area contributed by atoms with Crippen LogP contribution in [0.15, 0.2) is 65.3 Å². The Balaban J connectivity index is 1.54. The lowest BCUT2D eigenvalue weighted by molar-refractivity contribution is -0.129. The standard InChI is InChI=1S/C23H27N5O2/c1-16(24)14-21-26-12-3-13-28(21)23(30)11-10-22(29)27-20-8-6-17(7-9-20)18-4-2-5-19(25)15-18/h2,4-9,14-15H,3,10-13,24-25H2,1H3,(H,27,29). The first-order valence-electron chi connectivity index (χ1n) is 9.97. The van der Waals surface area contributed by atoms with Crippen LogP contribution >= 0.6 is 0 Å². The maximum Gasteiger partial charge on any atom is 0.228 e. The maximum absolute atomic E-state index is 12.6. The van der Waals surface area contributed by atoms with Crippen LogP contribution < -0.4 is 16.8 Å². The number of nitrogens with zero attached hydrogens (tertiary/aromatic N) is 2. The lowest BCUT2D eigenvalue weighted by Crippen LogP contribution is -2.40. The Kier molecular flexibility index (Phi) is 6.85. The quantitative estimate of drug-likeness (QED) is 0.641. The SMILES string of the molecule is CC(N)=CC1=NCCCN1C(=O)CCC(=O)Nc1ccc(-c2cccc(N)c2)cc1. The molecular weight excluding hydrogens is 378 g/mol. The van der Waals surface area contributed by atoms with Gasteiger partial charge in [0.15, 0.2) is 0 Å². The van der Waals surface area contributed by atoms with Crippen molar-refractivity contribution in [1.29, 1.82) is 0 Å². The molecule has 0 spiro atoms. The van der Waals surface area contributed by atoms with E-state index in [4.69, 9.17) is 11.5 Å². The number of nitrogens with two attached hydrogens (primary N) is 2. The van der Waals surface area contributed by atoms with Crippen molar-refractivity contribution in [3.63, 3.8) is 0 Å². The summed E-state index contributed by atoms with van der Waals surface area (Å²) in [6, 6.07) is 15.1. The molecule has 0 unspecified atom stereocenters. The molecule has 5 N–H and O–H groups in total. The molecule has 0 radical (unpaired) electrons. The lowest BCUT2D eigenvalue weighted by atomic mass is 10.0. The summed E-state index contributed by atoms with van der Waals surface area (Å²) in [7, 11) is 0. The highest BCUT2D eigenvalue weighted by Crippen LogP contribution is 2.23. The number of allylic oxidation sites excluding steroid dienone is 1. The van der Waals surface area contributed by atoms with E-state index in [1.54, 1.807) is 17.9 Å². The van der Waals surface area contributed by atoms with Crippen molar-refractivity contribution in [2.75, 3.05) is 24.1 Å². The molecule has 0 saturated carbocycles. The van der Waals surface area contributed by atoms with Crippen molar-refractivity contribution in [2.24, 2.45) is 10.7 Å². The zero-order valence-electron chi connectivity index (χ0n) is 17.1. The molecule has 2 amide bonds. The predicted molar refractivity (Wildman–Crippen MR) is 121 cm³/mol. The van der Waals surface area contributed by atoms with Gasteiger partial charge in [0.05, 0.1) is 0 Å². The monoisotopic (exact) mass is 405 g/mol. The smallest absolute Gasteiger partial charge is 0.228 e. The first-order chi connectivity index (χ1) is 14.4. The van der Waals surface area contributed by atoms with Gasteiger partial charge in [-0.1, -0.05) is 24.3 Å². The molecule has 30 heavy (non-hydrogen) atoms. The molecule has 7 heteroatoms. The number of carbonyl (C=O) groups excluding carboxylic acids is 2. The van der Waals surface area contributed by atoms with Gasteiger partial charge in [0, 0.05) is 43.0 Å². The summed E-state index contributed by atoms with van der Waals surface area (Å²) in [5.74, 6) is 0.239. The average molecular weight is 406 g/mol. The Morgan fingerprint density at radius 2 is 1.90 bits per heavy atom. The highest BCUT2D eigenvalue weighted by atomic mass is 16.2. The van der Waals surface area contributed by atoms with Crippen LogP contribution in [0.25, 0.3) is 11.1 Å². The number of hydrogen-bond donors (Lipinski definition) is 3. The van der Waals surface area contributed by atoms with E-state index in [9.17, 15) is 9.59 Å². The molecule has 0 atom stereocenters. The van der Waals surface area contributed by atoms with E-state index in [1.807, 2.05) is 48.5 Å². The van der Waals surface area contributed by atoms with Gasteiger partial charge in [-0.05, 0) is 54.8 Å². The summed E-state index contributed by atoms with van der Waals surface area (Å²) in [4.78, 5) is 30.8. The molecule has 0 fully saturated rings. The average Bonchev–Trinajstić information content (AvgIpc) is 2.72. The second-order valence-corrected chi connectivity index (χ2v) is 7.28. The molecule has 0 aliphatic carbocycles. The normalized spacial score (nSPS) is 14.2. The zero-order chi connectivity index (χ0) is 21.5. The predicted octanol–water partition coefficient (Wildman–Crippen LogP) is 3.15. The lowest BCUT2D eigenvalue weighted by Gasteiger charge is -2.26. The molecular formula is C23H27N5O2. The molecule has 0 aromatic heterocycles. The molecule has 2 aromatic carbocycles. The van der Waals surface area contributed by atoms with E-state index in [0.29, 0.717) is 36.0 Å². The van der Waals surface area contributed by atoms with Gasteiger partial charge in [0.1, 0.15) is 5.84 Å². The van der Waals surface area contributed by atoms with E-state index in [1.165, 1.54) is 0 Å². The van der Waals surface area contributed by atoms with Crippen LogP contribution in [-0.2, 0) is 9.59 Å². The number of carbonyl (C=O) groups is 2. The van der Waals surface area contributed by atoms with Crippen molar-refractivity contribution in [3.8, 4) is 11.1 Å². The summed E-state index contributed by atoms with van der Waals surface area (Å²) in [5.41, 5.74) is 15.6. The molecule has 0 saturated heterocycles. The molecule has 3 rings (SSSR count). The highest BCUT2D eigenvalue weighted by molar-refractivity contribution is 6.05. The maximum atomic E-state index is 12.6. The van der Waals surface area contributed by atoms with E-state index >= 15 is 0 Å². The summed E-state index contributed by atoms with van der Waals surface area (Å²) in [6.07, 6.45) is 2.71. The molecule has 1 aliphatic heterocycles. The topological polar surface area (TPSA) is 114 Å². The number of rotatable bonds is 6. The number of nitrogen functional groups attached to an aromatic ring is 1. The second kappa shape index (κ2) is 9.73. The number of amides is 2. The molecule has 2 aromatic rings. The first kappa shape index (κ1) is 21.1. The number of hydrogen-bond acceptors (Lipinski definition) is 5. The van der Waals surface area contributed by atoms with Crippen molar-refractivity contribution in [1.82, 2.24) is 4.90 Å². The number of amidine groups is 1. The van der Waals surface area contributed by atoms with Gasteiger partial charge in [-0.3, -0.25) is 19.5 Å². The summed E-state index contributed by atoms with van der Waals surface area (Å²) < 4.78 is 0. The number of aliphatic imine (C=N–C) groups is 1. The fourth-order valence-corrected chi connectivity index (χ4v) is 3.25. The second-order valence-electron chi connectivity index (χ2n) is 7.28. The van der Waals surface area contributed by atoms with Gasteiger partial charge in [0.2, 0.25) is 11.8 Å². The molecule has 7 nitrogen and oxygen atoms in total. The number of nitrogens with one attached hydrogen (secondary N) is 1.